The Morgan fingerprint density at radius 1 is 1.53 bits per heavy atom. The number of fused-ring (bicyclic) bond motifs is 1. The minimum Gasteiger partial charge on any atom is -0.258 e. The molecule has 0 spiro atoms. The third-order valence-electron chi connectivity index (χ3n) is 2.06. The molecule has 0 unspecified atom stereocenters. The molecule has 0 amide bonds. The number of thioether (sulfide) groups is 1. The second-order valence-corrected chi connectivity index (χ2v) is 4.07. The standard InChI is InChI=1S/C10H6N2O2S/c11-5-7-3-8-4-9(12(13)14)1-2-10(8)15-6-7/h1-4H,6H2. The molecule has 0 atom stereocenters. The van der Waals surface area contributed by atoms with Crippen LogP contribution in [0.1, 0.15) is 5.56 Å². The molecule has 74 valence electrons. The van der Waals surface area contributed by atoms with Crippen molar-refractivity contribution in [3.8, 4) is 6.07 Å². The number of non-ortho nitro benzene ring substituents is 1. The van der Waals surface area contributed by atoms with E-state index < -0.39 is 4.92 Å². The Hall–Kier alpha value is -1.80. The van der Waals surface area contributed by atoms with E-state index in [2.05, 4.69) is 6.07 Å². The van der Waals surface area contributed by atoms with Gasteiger partial charge in [0.25, 0.3) is 5.69 Å². The Morgan fingerprint density at radius 2 is 2.33 bits per heavy atom. The summed E-state index contributed by atoms with van der Waals surface area (Å²) in [4.78, 5) is 11.1. The Balaban J connectivity index is 2.50. The molecule has 1 heterocycles. The highest BCUT2D eigenvalue weighted by molar-refractivity contribution is 7.99. The monoisotopic (exact) mass is 218 g/mol. The fourth-order valence-corrected chi connectivity index (χ4v) is 2.25. The lowest BCUT2D eigenvalue weighted by molar-refractivity contribution is -0.384. The maximum absolute atomic E-state index is 10.6. The lowest BCUT2D eigenvalue weighted by Crippen LogP contribution is -1.95. The molecular formula is C10H6N2O2S. The zero-order valence-electron chi connectivity index (χ0n) is 7.64. The summed E-state index contributed by atoms with van der Waals surface area (Å²) >= 11 is 1.53. The molecule has 0 radical (unpaired) electrons. The number of hydrogen-bond acceptors (Lipinski definition) is 4. The van der Waals surface area contributed by atoms with Crippen LogP contribution < -0.4 is 0 Å². The number of rotatable bonds is 1. The van der Waals surface area contributed by atoms with Gasteiger partial charge >= 0.3 is 0 Å². The number of nitriles is 1. The second kappa shape index (κ2) is 3.75. The minimum atomic E-state index is -0.431. The SMILES string of the molecule is N#CC1=Cc2cc([N+](=O)[O-])ccc2SC1. The maximum atomic E-state index is 10.6. The van der Waals surface area contributed by atoms with Crippen LogP contribution in [0.15, 0.2) is 28.7 Å². The smallest absolute Gasteiger partial charge is 0.258 e. The van der Waals surface area contributed by atoms with E-state index in [1.54, 1.807) is 12.1 Å². The van der Waals surface area contributed by atoms with Gasteiger partial charge in [-0.2, -0.15) is 5.26 Å². The lowest BCUT2D eigenvalue weighted by atomic mass is 10.1. The molecule has 2 rings (SSSR count). The van der Waals surface area contributed by atoms with Crippen molar-refractivity contribution in [1.82, 2.24) is 0 Å². The van der Waals surface area contributed by atoms with Crippen LogP contribution in [0.25, 0.3) is 6.08 Å². The van der Waals surface area contributed by atoms with Crippen molar-refractivity contribution < 1.29 is 4.92 Å². The number of nitro benzene ring substituents is 1. The molecule has 0 aliphatic carbocycles. The quantitative estimate of drug-likeness (QED) is 0.536. The topological polar surface area (TPSA) is 66.9 Å². The van der Waals surface area contributed by atoms with Crippen LogP contribution in [-0.4, -0.2) is 10.7 Å². The number of nitro groups is 1. The second-order valence-electron chi connectivity index (χ2n) is 3.05. The van der Waals surface area contributed by atoms with Crippen molar-refractivity contribution in [2.45, 2.75) is 4.90 Å². The van der Waals surface area contributed by atoms with Gasteiger partial charge in [0.2, 0.25) is 0 Å². The zero-order chi connectivity index (χ0) is 10.8. The summed E-state index contributed by atoms with van der Waals surface area (Å²) in [6.45, 7) is 0. The first-order valence-corrected chi connectivity index (χ1v) is 5.21. The van der Waals surface area contributed by atoms with Gasteiger partial charge in [0.15, 0.2) is 0 Å². The molecule has 1 aliphatic rings. The van der Waals surface area contributed by atoms with Crippen molar-refractivity contribution in [2.24, 2.45) is 0 Å². The van der Waals surface area contributed by atoms with Crippen LogP contribution >= 0.6 is 11.8 Å². The molecule has 0 N–H and O–H groups in total. The van der Waals surface area contributed by atoms with E-state index >= 15 is 0 Å². The summed E-state index contributed by atoms with van der Waals surface area (Å²) in [7, 11) is 0. The highest BCUT2D eigenvalue weighted by Gasteiger charge is 2.14. The van der Waals surface area contributed by atoms with Crippen molar-refractivity contribution >= 4 is 23.5 Å². The van der Waals surface area contributed by atoms with Crippen molar-refractivity contribution in [3.05, 3.63) is 39.4 Å². The molecule has 0 bridgehead atoms. The summed E-state index contributed by atoms with van der Waals surface area (Å²) < 4.78 is 0. The molecule has 0 fully saturated rings. The van der Waals surface area contributed by atoms with E-state index in [4.69, 9.17) is 5.26 Å². The number of nitrogens with zero attached hydrogens (tertiary/aromatic N) is 2. The predicted molar refractivity (Wildman–Crippen MR) is 57.4 cm³/mol. The Morgan fingerprint density at radius 3 is 3.00 bits per heavy atom. The zero-order valence-corrected chi connectivity index (χ0v) is 8.45. The van der Waals surface area contributed by atoms with Gasteiger partial charge in [-0.3, -0.25) is 10.1 Å². The largest absolute Gasteiger partial charge is 0.270 e. The third-order valence-corrected chi connectivity index (χ3v) is 3.20. The first-order valence-electron chi connectivity index (χ1n) is 4.22. The average molecular weight is 218 g/mol. The van der Waals surface area contributed by atoms with E-state index in [0.29, 0.717) is 11.3 Å². The van der Waals surface area contributed by atoms with Gasteiger partial charge in [0.1, 0.15) is 0 Å². The first-order chi connectivity index (χ1) is 7.20. The van der Waals surface area contributed by atoms with Crippen molar-refractivity contribution in [2.75, 3.05) is 5.75 Å². The van der Waals surface area contributed by atoms with Gasteiger partial charge < -0.3 is 0 Å². The molecule has 1 aromatic rings. The minimum absolute atomic E-state index is 0.0600. The Bertz CT molecular complexity index is 503. The summed E-state index contributed by atoms with van der Waals surface area (Å²) in [6, 6.07) is 6.77. The highest BCUT2D eigenvalue weighted by Crippen LogP contribution is 2.33. The van der Waals surface area contributed by atoms with E-state index in [1.807, 2.05) is 0 Å². The molecule has 5 heteroatoms. The van der Waals surface area contributed by atoms with Gasteiger partial charge in [0.05, 0.1) is 11.0 Å². The molecular weight excluding hydrogens is 212 g/mol. The van der Waals surface area contributed by atoms with E-state index in [9.17, 15) is 10.1 Å². The van der Waals surface area contributed by atoms with Crippen LogP contribution in [0.2, 0.25) is 0 Å². The number of hydrogen-bond donors (Lipinski definition) is 0. The van der Waals surface area contributed by atoms with E-state index in [-0.39, 0.29) is 5.69 Å². The average Bonchev–Trinajstić information content (AvgIpc) is 2.27. The normalized spacial score (nSPS) is 13.7. The highest BCUT2D eigenvalue weighted by atomic mass is 32.2. The Kier molecular flexibility index (Phi) is 2.44. The van der Waals surface area contributed by atoms with Crippen LogP contribution in [0.4, 0.5) is 5.69 Å². The number of benzene rings is 1. The lowest BCUT2D eigenvalue weighted by Gasteiger charge is -2.10. The summed E-state index contributed by atoms with van der Waals surface area (Å²) in [5.41, 5.74) is 1.47. The van der Waals surface area contributed by atoms with Gasteiger partial charge in [-0.1, -0.05) is 0 Å². The van der Waals surface area contributed by atoms with Crippen LogP contribution in [0.3, 0.4) is 0 Å². The molecule has 15 heavy (non-hydrogen) atoms. The summed E-state index contributed by atoms with van der Waals surface area (Å²) in [5.74, 6) is 0.640. The van der Waals surface area contributed by atoms with Crippen LogP contribution in [-0.2, 0) is 0 Å². The van der Waals surface area contributed by atoms with E-state index in [1.165, 1.54) is 23.9 Å². The van der Waals surface area contributed by atoms with Crippen molar-refractivity contribution in [3.63, 3.8) is 0 Å². The van der Waals surface area contributed by atoms with Gasteiger partial charge in [-0.15, -0.1) is 11.8 Å². The fraction of sp³-hybridized carbons (Fsp3) is 0.100. The predicted octanol–water partition coefficient (Wildman–Crippen LogP) is 2.61. The Labute approximate surface area is 90.4 Å². The molecule has 1 aliphatic heterocycles. The summed E-state index contributed by atoms with van der Waals surface area (Å²) in [6.07, 6.45) is 1.71. The molecule has 1 aromatic carbocycles. The van der Waals surface area contributed by atoms with Crippen LogP contribution in [0.5, 0.6) is 0 Å². The van der Waals surface area contributed by atoms with Crippen LogP contribution in [0, 0.1) is 21.4 Å². The maximum Gasteiger partial charge on any atom is 0.270 e. The van der Waals surface area contributed by atoms with Gasteiger partial charge in [-0.05, 0) is 17.7 Å². The van der Waals surface area contributed by atoms with E-state index in [0.717, 1.165) is 10.5 Å². The van der Waals surface area contributed by atoms with Gasteiger partial charge in [0, 0.05) is 28.4 Å². The molecule has 0 aromatic heterocycles. The molecule has 0 saturated heterocycles. The third kappa shape index (κ3) is 1.85. The molecule has 4 nitrogen and oxygen atoms in total. The van der Waals surface area contributed by atoms with Gasteiger partial charge in [-0.25, -0.2) is 0 Å². The molecule has 0 saturated carbocycles. The fourth-order valence-electron chi connectivity index (χ4n) is 1.34. The van der Waals surface area contributed by atoms with Crippen molar-refractivity contribution in [1.29, 1.82) is 5.26 Å². The first kappa shape index (κ1) is 9.74. The summed E-state index contributed by atoms with van der Waals surface area (Å²) in [5, 5.41) is 19.3.